The average Bonchev–Trinajstić information content (AvgIpc) is 2.46. The van der Waals surface area contributed by atoms with E-state index in [0.717, 1.165) is 17.7 Å². The van der Waals surface area contributed by atoms with Gasteiger partial charge in [-0.3, -0.25) is 10.4 Å². The lowest BCUT2D eigenvalue weighted by Crippen LogP contribution is -2.10. The van der Waals surface area contributed by atoms with Gasteiger partial charge in [-0.15, -0.1) is 0 Å². The molecular formula is C14H16N4O2. The minimum absolute atomic E-state index is 0.417. The first kappa shape index (κ1) is 13.8. The molecule has 0 spiro atoms. The minimum Gasteiger partial charge on any atom is -0.494 e. The van der Waals surface area contributed by atoms with Crippen LogP contribution in [0.4, 0.5) is 5.82 Å². The van der Waals surface area contributed by atoms with Crippen molar-refractivity contribution in [2.24, 2.45) is 5.10 Å². The Hall–Kier alpha value is -2.63. The summed E-state index contributed by atoms with van der Waals surface area (Å²) in [5.41, 5.74) is 3.22. The van der Waals surface area contributed by atoms with Gasteiger partial charge in [-0.1, -0.05) is 19.1 Å². The zero-order valence-corrected chi connectivity index (χ0v) is 11.2. The van der Waals surface area contributed by atoms with Crippen molar-refractivity contribution >= 4 is 12.0 Å². The van der Waals surface area contributed by atoms with Gasteiger partial charge in [0.05, 0.1) is 12.8 Å². The van der Waals surface area contributed by atoms with Crippen molar-refractivity contribution in [3.8, 4) is 5.75 Å². The highest BCUT2D eigenvalue weighted by atomic mass is 16.5. The number of anilines is 1. The Kier molecular flexibility index (Phi) is 4.88. The number of nitrogens with one attached hydrogen (secondary N) is 2. The van der Waals surface area contributed by atoms with Crippen molar-refractivity contribution in [2.75, 3.05) is 12.0 Å². The van der Waals surface area contributed by atoms with Gasteiger partial charge in [-0.25, -0.2) is 9.78 Å². The zero-order chi connectivity index (χ0) is 14.2. The Balaban J connectivity index is 1.98. The molecule has 2 N–H and O–H groups in total. The van der Waals surface area contributed by atoms with Crippen LogP contribution in [0.15, 0.2) is 46.4 Å². The largest absolute Gasteiger partial charge is 0.494 e. The number of aromatic nitrogens is 2. The normalized spacial score (nSPS) is 10.7. The van der Waals surface area contributed by atoms with Crippen LogP contribution in [0.2, 0.25) is 0 Å². The number of benzene rings is 1. The van der Waals surface area contributed by atoms with Gasteiger partial charge < -0.3 is 4.74 Å². The predicted molar refractivity (Wildman–Crippen MR) is 78.3 cm³/mol. The van der Waals surface area contributed by atoms with Gasteiger partial charge in [-0.2, -0.15) is 5.10 Å². The number of aromatic amines is 1. The molecule has 2 aromatic rings. The molecule has 0 atom stereocenters. The number of H-pyrrole nitrogens is 1. The number of rotatable bonds is 6. The van der Waals surface area contributed by atoms with Crippen LogP contribution in [-0.4, -0.2) is 22.8 Å². The first-order chi connectivity index (χ1) is 9.78. The molecular weight excluding hydrogens is 256 g/mol. The van der Waals surface area contributed by atoms with Crippen LogP contribution < -0.4 is 15.9 Å². The van der Waals surface area contributed by atoms with Gasteiger partial charge in [0.1, 0.15) is 11.6 Å². The Morgan fingerprint density at radius 1 is 1.45 bits per heavy atom. The molecule has 0 radical (unpaired) electrons. The van der Waals surface area contributed by atoms with E-state index in [-0.39, 0.29) is 0 Å². The van der Waals surface area contributed by atoms with Crippen molar-refractivity contribution in [3.05, 3.63) is 52.6 Å². The Bertz CT molecular complexity index is 637. The maximum Gasteiger partial charge on any atom is 0.346 e. The number of hydrogen-bond acceptors (Lipinski definition) is 5. The highest BCUT2D eigenvalue weighted by Gasteiger charge is 1.94. The third-order valence-electron chi connectivity index (χ3n) is 2.40. The summed E-state index contributed by atoms with van der Waals surface area (Å²) < 4.78 is 5.54. The molecule has 0 bridgehead atoms. The molecule has 1 aromatic heterocycles. The van der Waals surface area contributed by atoms with Crippen molar-refractivity contribution < 1.29 is 4.74 Å². The third-order valence-corrected chi connectivity index (χ3v) is 2.40. The highest BCUT2D eigenvalue weighted by molar-refractivity contribution is 5.80. The number of nitrogens with zero attached hydrogens (tertiary/aromatic N) is 2. The van der Waals surface area contributed by atoms with Crippen molar-refractivity contribution in [3.63, 3.8) is 0 Å². The van der Waals surface area contributed by atoms with Gasteiger partial charge >= 0.3 is 5.69 Å². The average molecular weight is 272 g/mol. The van der Waals surface area contributed by atoms with Gasteiger partial charge in [0, 0.05) is 6.20 Å². The molecule has 0 fully saturated rings. The lowest BCUT2D eigenvalue weighted by atomic mass is 10.2. The first-order valence-corrected chi connectivity index (χ1v) is 6.35. The van der Waals surface area contributed by atoms with Gasteiger partial charge in [0.15, 0.2) is 0 Å². The lowest BCUT2D eigenvalue weighted by molar-refractivity contribution is 0.317. The van der Waals surface area contributed by atoms with E-state index in [9.17, 15) is 4.79 Å². The topological polar surface area (TPSA) is 79.4 Å². The summed E-state index contributed by atoms with van der Waals surface area (Å²) in [6.07, 6.45) is 4.03. The maximum absolute atomic E-state index is 11.0. The molecule has 0 aliphatic heterocycles. The second-order valence-electron chi connectivity index (χ2n) is 4.08. The summed E-state index contributed by atoms with van der Waals surface area (Å²) in [5.74, 6) is 1.30. The Morgan fingerprint density at radius 2 is 2.35 bits per heavy atom. The number of ether oxygens (including phenoxy) is 1. The van der Waals surface area contributed by atoms with E-state index in [4.69, 9.17) is 4.74 Å². The van der Waals surface area contributed by atoms with Crippen LogP contribution in [0.25, 0.3) is 0 Å². The van der Waals surface area contributed by atoms with E-state index in [1.165, 1.54) is 6.20 Å². The van der Waals surface area contributed by atoms with Gasteiger partial charge in [0.25, 0.3) is 0 Å². The standard InChI is InChI=1S/C14H16N4O2/c1-2-8-20-12-5-3-4-11(9-12)10-16-18-13-6-7-15-14(19)17-13/h3-7,9-10H,2,8H2,1H3,(H2,15,17,18,19)/b16-10+. The molecule has 0 unspecified atom stereocenters. The third kappa shape index (κ3) is 4.24. The summed E-state index contributed by atoms with van der Waals surface area (Å²) in [5, 5.41) is 4.05. The van der Waals surface area contributed by atoms with Crippen molar-refractivity contribution in [2.45, 2.75) is 13.3 Å². The SMILES string of the molecule is CCCOc1cccc(/C=N/Nc2ccnc(=O)[nH]2)c1. The van der Waals surface area contributed by atoms with Crippen molar-refractivity contribution in [1.82, 2.24) is 9.97 Å². The molecule has 6 nitrogen and oxygen atoms in total. The number of hydrazone groups is 1. The van der Waals surface area contributed by atoms with Crippen LogP contribution in [0.5, 0.6) is 5.75 Å². The molecule has 0 aliphatic rings. The maximum atomic E-state index is 11.0. The van der Waals surface area contributed by atoms with Crippen LogP contribution in [0.1, 0.15) is 18.9 Å². The Labute approximate surface area is 116 Å². The minimum atomic E-state index is -0.417. The molecule has 6 heteroatoms. The fraction of sp³-hybridized carbons (Fsp3) is 0.214. The molecule has 1 heterocycles. The van der Waals surface area contributed by atoms with E-state index < -0.39 is 5.69 Å². The quantitative estimate of drug-likeness (QED) is 0.622. The highest BCUT2D eigenvalue weighted by Crippen LogP contribution is 2.12. The summed E-state index contributed by atoms with van der Waals surface area (Å²) in [4.78, 5) is 17.0. The summed E-state index contributed by atoms with van der Waals surface area (Å²) in [6.45, 7) is 2.75. The molecule has 104 valence electrons. The second kappa shape index (κ2) is 7.08. The zero-order valence-electron chi connectivity index (χ0n) is 11.2. The molecule has 0 amide bonds. The lowest BCUT2D eigenvalue weighted by Gasteiger charge is -2.04. The summed E-state index contributed by atoms with van der Waals surface area (Å²) in [7, 11) is 0. The van der Waals surface area contributed by atoms with Gasteiger partial charge in [0.2, 0.25) is 0 Å². The molecule has 0 saturated carbocycles. The first-order valence-electron chi connectivity index (χ1n) is 6.35. The molecule has 20 heavy (non-hydrogen) atoms. The van der Waals surface area contributed by atoms with E-state index in [1.807, 2.05) is 24.3 Å². The van der Waals surface area contributed by atoms with Crippen LogP contribution in [0, 0.1) is 0 Å². The van der Waals surface area contributed by atoms with Crippen LogP contribution >= 0.6 is 0 Å². The smallest absolute Gasteiger partial charge is 0.346 e. The fourth-order valence-corrected chi connectivity index (χ4v) is 1.51. The molecule has 2 rings (SSSR count). The molecule has 0 aliphatic carbocycles. The monoisotopic (exact) mass is 272 g/mol. The molecule has 0 saturated heterocycles. The van der Waals surface area contributed by atoms with E-state index in [2.05, 4.69) is 27.4 Å². The van der Waals surface area contributed by atoms with E-state index >= 15 is 0 Å². The predicted octanol–water partition coefficient (Wildman–Crippen LogP) is 2.00. The second-order valence-corrected chi connectivity index (χ2v) is 4.08. The summed E-state index contributed by atoms with van der Waals surface area (Å²) in [6, 6.07) is 9.25. The van der Waals surface area contributed by atoms with E-state index in [1.54, 1.807) is 12.3 Å². The summed E-state index contributed by atoms with van der Waals surface area (Å²) >= 11 is 0. The van der Waals surface area contributed by atoms with Gasteiger partial charge in [-0.05, 0) is 30.2 Å². The van der Waals surface area contributed by atoms with Crippen LogP contribution in [-0.2, 0) is 0 Å². The number of hydrogen-bond donors (Lipinski definition) is 2. The Morgan fingerprint density at radius 3 is 3.15 bits per heavy atom. The van der Waals surface area contributed by atoms with Crippen LogP contribution in [0.3, 0.4) is 0 Å². The molecule has 1 aromatic carbocycles. The van der Waals surface area contributed by atoms with Crippen molar-refractivity contribution in [1.29, 1.82) is 0 Å². The fourth-order valence-electron chi connectivity index (χ4n) is 1.51. The van der Waals surface area contributed by atoms with E-state index in [0.29, 0.717) is 12.4 Å².